The van der Waals surface area contributed by atoms with E-state index in [2.05, 4.69) is 4.98 Å². The third kappa shape index (κ3) is 3.38. The van der Waals surface area contributed by atoms with Crippen LogP contribution in [0.1, 0.15) is 5.69 Å². The number of hydrogen-bond acceptors (Lipinski definition) is 2. The molecule has 0 saturated heterocycles. The molecule has 0 atom stereocenters. The van der Waals surface area contributed by atoms with Crippen molar-refractivity contribution in [3.05, 3.63) is 51.2 Å². The molecule has 0 aliphatic heterocycles. The second kappa shape index (κ2) is 5.78. The first-order chi connectivity index (χ1) is 8.97. The van der Waals surface area contributed by atoms with Crippen molar-refractivity contribution < 1.29 is 9.90 Å². The Morgan fingerprint density at radius 3 is 2.47 bits per heavy atom. The van der Waals surface area contributed by atoms with Gasteiger partial charge in [-0.1, -0.05) is 40.9 Å². The van der Waals surface area contributed by atoms with Gasteiger partial charge < -0.3 is 5.11 Å². The molecule has 0 fully saturated rings. The minimum atomic E-state index is -0.980. The van der Waals surface area contributed by atoms with Crippen molar-refractivity contribution in [2.24, 2.45) is 0 Å². The molecule has 1 aromatic carbocycles. The van der Waals surface area contributed by atoms with E-state index in [0.29, 0.717) is 26.3 Å². The van der Waals surface area contributed by atoms with Gasteiger partial charge in [-0.2, -0.15) is 0 Å². The molecule has 1 aromatic heterocycles. The highest BCUT2D eigenvalue weighted by Gasteiger charge is 2.10. The van der Waals surface area contributed by atoms with Crippen LogP contribution in [0.4, 0.5) is 0 Å². The summed E-state index contributed by atoms with van der Waals surface area (Å²) in [5, 5.41) is 10.0. The van der Waals surface area contributed by atoms with Crippen molar-refractivity contribution in [3.8, 4) is 11.1 Å². The third-order valence-electron chi connectivity index (χ3n) is 2.48. The number of carbonyl (C=O) groups is 1. The second-order valence-corrected chi connectivity index (χ2v) is 5.10. The third-order valence-corrected chi connectivity index (χ3v) is 3.35. The van der Waals surface area contributed by atoms with Crippen molar-refractivity contribution >= 4 is 40.8 Å². The number of halogens is 3. The Bertz CT molecular complexity index is 644. The fourth-order valence-electron chi connectivity index (χ4n) is 1.61. The van der Waals surface area contributed by atoms with Crippen LogP contribution >= 0.6 is 34.8 Å². The number of nitrogens with zero attached hydrogens (tertiary/aromatic N) is 1. The van der Waals surface area contributed by atoms with Crippen molar-refractivity contribution in [1.29, 1.82) is 0 Å². The number of rotatable bonds is 3. The molecule has 0 amide bonds. The summed E-state index contributed by atoms with van der Waals surface area (Å²) in [6.07, 6.45) is 1.33. The summed E-state index contributed by atoms with van der Waals surface area (Å²) >= 11 is 17.9. The van der Waals surface area contributed by atoms with Gasteiger partial charge in [-0.3, -0.25) is 9.78 Å². The topological polar surface area (TPSA) is 50.2 Å². The highest BCUT2D eigenvalue weighted by atomic mass is 35.5. The van der Waals surface area contributed by atoms with Gasteiger partial charge in [0.2, 0.25) is 0 Å². The van der Waals surface area contributed by atoms with Gasteiger partial charge in [0.1, 0.15) is 0 Å². The maximum Gasteiger partial charge on any atom is 0.309 e. The molecule has 0 spiro atoms. The SMILES string of the molecule is O=C(O)Cc1ncc(-c2ccc(Cl)cc2Cl)cc1Cl. The summed E-state index contributed by atoms with van der Waals surface area (Å²) in [5.74, 6) is -0.980. The Balaban J connectivity index is 2.41. The fourth-order valence-corrected chi connectivity index (χ4v) is 2.36. The van der Waals surface area contributed by atoms with E-state index in [9.17, 15) is 4.79 Å². The number of carboxylic acid groups (broad SMARTS) is 1. The number of benzene rings is 1. The van der Waals surface area contributed by atoms with Crippen LogP contribution < -0.4 is 0 Å². The van der Waals surface area contributed by atoms with E-state index in [4.69, 9.17) is 39.9 Å². The number of pyridine rings is 1. The van der Waals surface area contributed by atoms with Crippen LogP contribution in [0, 0.1) is 0 Å². The summed E-state index contributed by atoms with van der Waals surface area (Å²) in [6, 6.07) is 6.73. The van der Waals surface area contributed by atoms with Gasteiger partial charge in [0.05, 0.1) is 17.1 Å². The van der Waals surface area contributed by atoms with E-state index in [1.165, 1.54) is 0 Å². The molecule has 1 heterocycles. The summed E-state index contributed by atoms with van der Waals surface area (Å²) in [4.78, 5) is 14.7. The summed E-state index contributed by atoms with van der Waals surface area (Å²) in [5.41, 5.74) is 1.77. The summed E-state index contributed by atoms with van der Waals surface area (Å²) in [7, 11) is 0. The molecule has 3 nitrogen and oxygen atoms in total. The number of aromatic nitrogens is 1. The van der Waals surface area contributed by atoms with E-state index < -0.39 is 5.97 Å². The first kappa shape index (κ1) is 14.1. The lowest BCUT2D eigenvalue weighted by Crippen LogP contribution is -2.03. The van der Waals surface area contributed by atoms with Gasteiger partial charge in [0, 0.05) is 27.4 Å². The molecule has 0 saturated carbocycles. The number of hydrogen-bond donors (Lipinski definition) is 1. The lowest BCUT2D eigenvalue weighted by atomic mass is 10.1. The molecule has 98 valence electrons. The largest absolute Gasteiger partial charge is 0.481 e. The smallest absolute Gasteiger partial charge is 0.309 e. The highest BCUT2D eigenvalue weighted by molar-refractivity contribution is 6.36. The van der Waals surface area contributed by atoms with Crippen molar-refractivity contribution in [2.75, 3.05) is 0 Å². The Kier molecular flexibility index (Phi) is 4.30. The van der Waals surface area contributed by atoms with Crippen LogP contribution in [-0.2, 0) is 11.2 Å². The molecule has 2 rings (SSSR count). The molecule has 0 aliphatic rings. The minimum absolute atomic E-state index is 0.215. The van der Waals surface area contributed by atoms with Crippen LogP contribution in [-0.4, -0.2) is 16.1 Å². The fraction of sp³-hybridized carbons (Fsp3) is 0.0769. The Morgan fingerprint density at radius 2 is 1.89 bits per heavy atom. The molecule has 0 unspecified atom stereocenters. The zero-order valence-corrected chi connectivity index (χ0v) is 11.8. The van der Waals surface area contributed by atoms with E-state index in [-0.39, 0.29) is 6.42 Å². The first-order valence-electron chi connectivity index (χ1n) is 5.29. The molecular weight excluding hydrogens is 309 g/mol. The predicted molar refractivity (Wildman–Crippen MR) is 76.0 cm³/mol. The molecule has 0 aliphatic carbocycles. The first-order valence-corrected chi connectivity index (χ1v) is 6.42. The minimum Gasteiger partial charge on any atom is -0.481 e. The maximum absolute atomic E-state index is 10.6. The lowest BCUT2D eigenvalue weighted by Gasteiger charge is -2.07. The molecule has 19 heavy (non-hydrogen) atoms. The van der Waals surface area contributed by atoms with Gasteiger partial charge in [-0.25, -0.2) is 0 Å². The molecule has 1 N–H and O–H groups in total. The van der Waals surface area contributed by atoms with Crippen molar-refractivity contribution in [3.63, 3.8) is 0 Å². The second-order valence-electron chi connectivity index (χ2n) is 3.85. The van der Waals surface area contributed by atoms with E-state index in [1.807, 2.05) is 0 Å². The number of carboxylic acids is 1. The zero-order valence-electron chi connectivity index (χ0n) is 9.53. The van der Waals surface area contributed by atoms with Crippen LogP contribution in [0.15, 0.2) is 30.5 Å². The maximum atomic E-state index is 10.6. The number of aliphatic carboxylic acids is 1. The molecule has 0 radical (unpaired) electrons. The predicted octanol–water partition coefficient (Wildman–Crippen LogP) is 4.34. The van der Waals surface area contributed by atoms with Crippen molar-refractivity contribution in [2.45, 2.75) is 6.42 Å². The van der Waals surface area contributed by atoms with Gasteiger partial charge in [0.15, 0.2) is 0 Å². The average molecular weight is 317 g/mol. The lowest BCUT2D eigenvalue weighted by molar-refractivity contribution is -0.136. The van der Waals surface area contributed by atoms with Crippen LogP contribution in [0.25, 0.3) is 11.1 Å². The Labute approximate surface area is 124 Å². The van der Waals surface area contributed by atoms with E-state index in [1.54, 1.807) is 30.5 Å². The Morgan fingerprint density at radius 1 is 1.16 bits per heavy atom. The molecule has 2 aromatic rings. The summed E-state index contributed by atoms with van der Waals surface area (Å²) < 4.78 is 0. The van der Waals surface area contributed by atoms with Gasteiger partial charge in [0.25, 0.3) is 0 Å². The normalized spacial score (nSPS) is 10.5. The quantitative estimate of drug-likeness (QED) is 0.916. The molecule has 6 heteroatoms. The highest BCUT2D eigenvalue weighted by Crippen LogP contribution is 2.31. The molecular formula is C13H8Cl3NO2. The van der Waals surface area contributed by atoms with E-state index in [0.717, 1.165) is 5.56 Å². The average Bonchev–Trinajstić information content (AvgIpc) is 2.31. The van der Waals surface area contributed by atoms with Crippen molar-refractivity contribution in [1.82, 2.24) is 4.98 Å². The Hall–Kier alpha value is -1.29. The van der Waals surface area contributed by atoms with Gasteiger partial charge in [-0.05, 0) is 18.2 Å². The van der Waals surface area contributed by atoms with Crippen LogP contribution in [0.5, 0.6) is 0 Å². The van der Waals surface area contributed by atoms with Crippen LogP contribution in [0.3, 0.4) is 0 Å². The summed E-state index contributed by atoms with van der Waals surface area (Å²) in [6.45, 7) is 0. The van der Waals surface area contributed by atoms with Crippen LogP contribution in [0.2, 0.25) is 15.1 Å². The monoisotopic (exact) mass is 315 g/mol. The zero-order chi connectivity index (χ0) is 14.0. The molecule has 0 bridgehead atoms. The standard InChI is InChI=1S/C13H8Cl3NO2/c14-8-1-2-9(10(15)4-8)7-3-11(16)12(17-6-7)5-13(18)19/h1-4,6H,5H2,(H,18,19). The van der Waals surface area contributed by atoms with Gasteiger partial charge >= 0.3 is 5.97 Å². The van der Waals surface area contributed by atoms with E-state index >= 15 is 0 Å². The van der Waals surface area contributed by atoms with Gasteiger partial charge in [-0.15, -0.1) is 0 Å².